The van der Waals surface area contributed by atoms with E-state index in [-0.39, 0.29) is 5.82 Å². The van der Waals surface area contributed by atoms with E-state index in [1.807, 2.05) is 13.1 Å². The van der Waals surface area contributed by atoms with Gasteiger partial charge in [-0.25, -0.2) is 4.39 Å². The minimum Gasteiger partial charge on any atom is -0.494 e. The Kier molecular flexibility index (Phi) is 4.59. The van der Waals surface area contributed by atoms with E-state index in [4.69, 9.17) is 4.74 Å². The Morgan fingerprint density at radius 2 is 2.00 bits per heavy atom. The Hall–Kier alpha value is -1.09. The molecule has 1 aliphatic rings. The maximum Gasteiger partial charge on any atom is 0.165 e. The van der Waals surface area contributed by atoms with Gasteiger partial charge in [0.05, 0.1) is 7.11 Å². The Morgan fingerprint density at radius 3 is 2.56 bits per heavy atom. The highest BCUT2D eigenvalue weighted by Crippen LogP contribution is 2.28. The standard InChI is InChI=1S/C15H22FNO/c1-17-13-6-3-11(4-7-13)9-12-5-8-15(18-2)14(16)10-12/h5,8,10-11,13,17H,3-4,6-7,9H2,1-2H3. The molecule has 0 unspecified atom stereocenters. The van der Waals surface area contributed by atoms with Crippen molar-refractivity contribution in [3.05, 3.63) is 29.6 Å². The predicted octanol–water partition coefficient (Wildman–Crippen LogP) is 3.16. The van der Waals surface area contributed by atoms with Gasteiger partial charge in [-0.05, 0) is 62.8 Å². The zero-order chi connectivity index (χ0) is 13.0. The monoisotopic (exact) mass is 251 g/mol. The third kappa shape index (κ3) is 3.22. The second kappa shape index (κ2) is 6.19. The van der Waals surface area contributed by atoms with Gasteiger partial charge in [-0.15, -0.1) is 0 Å². The van der Waals surface area contributed by atoms with E-state index in [1.165, 1.54) is 32.8 Å². The fraction of sp³-hybridized carbons (Fsp3) is 0.600. The van der Waals surface area contributed by atoms with Crippen molar-refractivity contribution in [3.8, 4) is 5.75 Å². The van der Waals surface area contributed by atoms with Crippen LogP contribution in [0.1, 0.15) is 31.2 Å². The summed E-state index contributed by atoms with van der Waals surface area (Å²) in [6, 6.07) is 5.99. The lowest BCUT2D eigenvalue weighted by molar-refractivity contribution is 0.300. The number of benzene rings is 1. The normalized spacial score (nSPS) is 23.9. The number of rotatable bonds is 4. The molecule has 0 aliphatic heterocycles. The Balaban J connectivity index is 1.92. The minimum atomic E-state index is -0.251. The highest BCUT2D eigenvalue weighted by atomic mass is 19.1. The second-order valence-electron chi connectivity index (χ2n) is 5.18. The van der Waals surface area contributed by atoms with Crippen LogP contribution in [0.25, 0.3) is 0 Å². The largest absolute Gasteiger partial charge is 0.494 e. The van der Waals surface area contributed by atoms with Gasteiger partial charge in [0.15, 0.2) is 11.6 Å². The van der Waals surface area contributed by atoms with Crippen molar-refractivity contribution in [3.63, 3.8) is 0 Å². The van der Waals surface area contributed by atoms with E-state index in [2.05, 4.69) is 5.32 Å². The zero-order valence-electron chi connectivity index (χ0n) is 11.2. The van der Waals surface area contributed by atoms with E-state index in [9.17, 15) is 4.39 Å². The molecule has 0 saturated heterocycles. The van der Waals surface area contributed by atoms with Crippen LogP contribution in [-0.2, 0) is 6.42 Å². The molecule has 1 aliphatic carbocycles. The highest BCUT2D eigenvalue weighted by Gasteiger charge is 2.20. The zero-order valence-corrected chi connectivity index (χ0v) is 11.2. The summed E-state index contributed by atoms with van der Waals surface area (Å²) in [5.41, 5.74) is 1.08. The minimum absolute atomic E-state index is 0.251. The molecule has 0 bridgehead atoms. The molecule has 18 heavy (non-hydrogen) atoms. The lowest BCUT2D eigenvalue weighted by Crippen LogP contribution is -2.30. The molecule has 0 atom stereocenters. The van der Waals surface area contributed by atoms with Crippen LogP contribution in [0.15, 0.2) is 18.2 Å². The fourth-order valence-electron chi connectivity index (χ4n) is 2.83. The maximum absolute atomic E-state index is 13.6. The summed E-state index contributed by atoms with van der Waals surface area (Å²) < 4.78 is 18.5. The molecule has 1 fully saturated rings. The van der Waals surface area contributed by atoms with Gasteiger partial charge in [0.25, 0.3) is 0 Å². The van der Waals surface area contributed by atoms with Crippen molar-refractivity contribution in [2.45, 2.75) is 38.1 Å². The number of halogens is 1. The lowest BCUT2D eigenvalue weighted by atomic mass is 9.82. The first-order chi connectivity index (χ1) is 8.72. The number of nitrogens with one attached hydrogen (secondary N) is 1. The third-order valence-corrected chi connectivity index (χ3v) is 4.00. The van der Waals surface area contributed by atoms with Crippen molar-refractivity contribution in [2.24, 2.45) is 5.92 Å². The smallest absolute Gasteiger partial charge is 0.165 e. The van der Waals surface area contributed by atoms with E-state index < -0.39 is 0 Å². The molecular weight excluding hydrogens is 229 g/mol. The van der Waals surface area contributed by atoms with Gasteiger partial charge in [0.2, 0.25) is 0 Å². The SMILES string of the molecule is CNC1CCC(Cc2ccc(OC)c(F)c2)CC1. The quantitative estimate of drug-likeness (QED) is 0.887. The summed E-state index contributed by atoms with van der Waals surface area (Å²) in [4.78, 5) is 0. The molecule has 0 radical (unpaired) electrons. The van der Waals surface area contributed by atoms with Crippen molar-refractivity contribution >= 4 is 0 Å². The van der Waals surface area contributed by atoms with Crippen LogP contribution in [0.2, 0.25) is 0 Å². The van der Waals surface area contributed by atoms with Gasteiger partial charge in [-0.1, -0.05) is 6.07 Å². The molecule has 1 aromatic rings. The molecule has 0 amide bonds. The Labute approximate surface area is 109 Å². The molecule has 2 nitrogen and oxygen atoms in total. The van der Waals surface area contributed by atoms with Crippen molar-refractivity contribution in [2.75, 3.05) is 14.2 Å². The van der Waals surface area contributed by atoms with Crippen LogP contribution in [0.5, 0.6) is 5.75 Å². The molecule has 3 heteroatoms. The van der Waals surface area contributed by atoms with Gasteiger partial charge in [0, 0.05) is 6.04 Å². The number of ether oxygens (including phenoxy) is 1. The van der Waals surface area contributed by atoms with E-state index in [1.54, 1.807) is 12.1 Å². The van der Waals surface area contributed by atoms with Crippen LogP contribution < -0.4 is 10.1 Å². The highest BCUT2D eigenvalue weighted by molar-refractivity contribution is 5.29. The molecule has 0 aromatic heterocycles. The van der Waals surface area contributed by atoms with Crippen molar-refractivity contribution in [1.29, 1.82) is 0 Å². The van der Waals surface area contributed by atoms with Gasteiger partial charge in [-0.3, -0.25) is 0 Å². The molecule has 100 valence electrons. The molecule has 1 saturated carbocycles. The van der Waals surface area contributed by atoms with Crippen molar-refractivity contribution < 1.29 is 9.13 Å². The van der Waals surface area contributed by atoms with Gasteiger partial charge >= 0.3 is 0 Å². The second-order valence-corrected chi connectivity index (χ2v) is 5.18. The van der Waals surface area contributed by atoms with Gasteiger partial charge < -0.3 is 10.1 Å². The van der Waals surface area contributed by atoms with Gasteiger partial charge in [0.1, 0.15) is 0 Å². The Morgan fingerprint density at radius 1 is 1.28 bits per heavy atom. The maximum atomic E-state index is 13.6. The summed E-state index contributed by atoms with van der Waals surface area (Å²) >= 11 is 0. The van der Waals surface area contributed by atoms with Crippen LogP contribution in [0.3, 0.4) is 0 Å². The topological polar surface area (TPSA) is 21.3 Å². The van der Waals surface area contributed by atoms with Crippen LogP contribution >= 0.6 is 0 Å². The lowest BCUT2D eigenvalue weighted by Gasteiger charge is -2.28. The van der Waals surface area contributed by atoms with Crippen molar-refractivity contribution in [1.82, 2.24) is 5.32 Å². The fourth-order valence-corrected chi connectivity index (χ4v) is 2.83. The number of methoxy groups -OCH3 is 1. The van der Waals surface area contributed by atoms with E-state index in [0.29, 0.717) is 17.7 Å². The third-order valence-electron chi connectivity index (χ3n) is 4.00. The van der Waals surface area contributed by atoms with E-state index >= 15 is 0 Å². The summed E-state index contributed by atoms with van der Waals surface area (Å²) in [7, 11) is 3.53. The van der Waals surface area contributed by atoms with Gasteiger partial charge in [-0.2, -0.15) is 0 Å². The first-order valence-corrected chi connectivity index (χ1v) is 6.72. The van der Waals surface area contributed by atoms with Crippen LogP contribution in [0, 0.1) is 11.7 Å². The number of hydrogen-bond acceptors (Lipinski definition) is 2. The molecule has 1 aromatic carbocycles. The number of hydrogen-bond donors (Lipinski definition) is 1. The van der Waals surface area contributed by atoms with E-state index in [0.717, 1.165) is 12.0 Å². The van der Waals surface area contributed by atoms with Crippen LogP contribution in [-0.4, -0.2) is 20.2 Å². The average Bonchev–Trinajstić information content (AvgIpc) is 2.40. The molecular formula is C15H22FNO. The van der Waals surface area contributed by atoms with Crippen LogP contribution in [0.4, 0.5) is 4.39 Å². The Bertz CT molecular complexity index is 386. The molecule has 0 spiro atoms. The summed E-state index contributed by atoms with van der Waals surface area (Å²) in [5, 5.41) is 3.34. The summed E-state index contributed by atoms with van der Waals surface area (Å²) in [6.07, 6.45) is 5.93. The first-order valence-electron chi connectivity index (χ1n) is 6.72. The summed E-state index contributed by atoms with van der Waals surface area (Å²) in [5.74, 6) is 0.777. The molecule has 0 heterocycles. The summed E-state index contributed by atoms with van der Waals surface area (Å²) in [6.45, 7) is 0. The molecule has 1 N–H and O–H groups in total. The first kappa shape index (κ1) is 13.3. The average molecular weight is 251 g/mol. The predicted molar refractivity (Wildman–Crippen MR) is 71.5 cm³/mol. The molecule has 2 rings (SSSR count).